The minimum Gasteiger partial charge on any atom is -0.280 e. The molecule has 106 valence electrons. The van der Waals surface area contributed by atoms with Gasteiger partial charge in [0.15, 0.2) is 0 Å². The highest BCUT2D eigenvalue weighted by Crippen LogP contribution is 2.27. The number of hydrogen-bond acceptors (Lipinski definition) is 2. The molecule has 0 atom stereocenters. The van der Waals surface area contributed by atoms with Crippen molar-refractivity contribution >= 4 is 59.2 Å². The van der Waals surface area contributed by atoms with Gasteiger partial charge in [-0.05, 0) is 51.8 Å². The van der Waals surface area contributed by atoms with Crippen molar-refractivity contribution in [1.29, 1.82) is 0 Å². The van der Waals surface area contributed by atoms with Crippen molar-refractivity contribution in [3.05, 3.63) is 57.5 Å². The van der Waals surface area contributed by atoms with Crippen LogP contribution in [0, 0.1) is 0 Å². The fourth-order valence-electron chi connectivity index (χ4n) is 1.53. The molecule has 0 aliphatic rings. The van der Waals surface area contributed by atoms with Gasteiger partial charge in [0.2, 0.25) is 0 Å². The molecule has 0 aromatic heterocycles. The second kappa shape index (κ2) is 6.47. The second-order valence-electron chi connectivity index (χ2n) is 4.01. The first kappa shape index (κ1) is 15.8. The Morgan fingerprint density at radius 2 is 1.75 bits per heavy atom. The average molecular weight is 440 g/mol. The lowest BCUT2D eigenvalue weighted by atomic mass is 10.2. The van der Waals surface area contributed by atoms with Crippen LogP contribution in [0.1, 0.15) is 5.56 Å². The Morgan fingerprint density at radius 1 is 1.10 bits per heavy atom. The van der Waals surface area contributed by atoms with Gasteiger partial charge in [0, 0.05) is 9.80 Å². The lowest BCUT2D eigenvalue weighted by Gasteiger charge is -2.09. The minimum absolute atomic E-state index is 0.209. The molecule has 0 aliphatic heterocycles. The summed E-state index contributed by atoms with van der Waals surface area (Å²) in [5.41, 5.74) is 1.43. The summed E-state index contributed by atoms with van der Waals surface area (Å²) in [5, 5.41) is 1.13. The molecule has 0 saturated heterocycles. The zero-order valence-corrected chi connectivity index (χ0v) is 14.9. The molecule has 0 unspecified atom stereocenters. The molecule has 0 saturated carbocycles. The molecule has 0 radical (unpaired) electrons. The van der Waals surface area contributed by atoms with Crippen molar-refractivity contribution in [3.8, 4) is 0 Å². The molecule has 0 heterocycles. The van der Waals surface area contributed by atoms with Crippen molar-refractivity contribution in [1.82, 2.24) is 0 Å². The highest BCUT2D eigenvalue weighted by Gasteiger charge is 2.14. The van der Waals surface area contributed by atoms with Crippen molar-refractivity contribution in [2.45, 2.75) is 10.2 Å². The third kappa shape index (κ3) is 3.75. The highest BCUT2D eigenvalue weighted by molar-refractivity contribution is 9.10. The molecule has 2 aromatic rings. The Labute approximate surface area is 139 Å². The van der Waals surface area contributed by atoms with Crippen LogP contribution in [0.5, 0.6) is 0 Å². The summed E-state index contributed by atoms with van der Waals surface area (Å²) in [5.74, 6) is 0. The topological polar surface area (TPSA) is 46.2 Å². The molecular weight excluding hydrogens is 429 g/mol. The van der Waals surface area contributed by atoms with E-state index in [0.29, 0.717) is 20.5 Å². The number of benzene rings is 2. The van der Waals surface area contributed by atoms with Crippen molar-refractivity contribution in [3.63, 3.8) is 0 Å². The minimum atomic E-state index is -3.61. The van der Waals surface area contributed by atoms with Gasteiger partial charge in [-0.25, -0.2) is 8.42 Å². The van der Waals surface area contributed by atoms with E-state index in [9.17, 15) is 8.42 Å². The Hall–Kier alpha value is -0.560. The van der Waals surface area contributed by atoms with Crippen LogP contribution in [-0.2, 0) is 15.4 Å². The van der Waals surface area contributed by atoms with Gasteiger partial charge in [-0.2, -0.15) is 0 Å². The van der Waals surface area contributed by atoms with Crippen LogP contribution in [-0.4, -0.2) is 8.42 Å². The third-order valence-corrected chi connectivity index (χ3v) is 5.84. The first-order valence-corrected chi connectivity index (χ1v) is 9.33. The van der Waals surface area contributed by atoms with E-state index in [1.807, 2.05) is 0 Å². The van der Waals surface area contributed by atoms with E-state index in [0.717, 1.165) is 5.56 Å². The average Bonchev–Trinajstić information content (AvgIpc) is 2.43. The summed E-state index contributed by atoms with van der Waals surface area (Å²) < 4.78 is 27.6. The normalized spacial score (nSPS) is 11.3. The largest absolute Gasteiger partial charge is 0.280 e. The number of anilines is 1. The molecule has 0 spiro atoms. The lowest BCUT2D eigenvalue weighted by molar-refractivity contribution is 0.601. The van der Waals surface area contributed by atoms with Gasteiger partial charge >= 0.3 is 0 Å². The van der Waals surface area contributed by atoms with Gasteiger partial charge in [-0.1, -0.05) is 39.7 Å². The number of alkyl halides is 1. The molecule has 0 bridgehead atoms. The van der Waals surface area contributed by atoms with E-state index < -0.39 is 10.0 Å². The fourth-order valence-corrected chi connectivity index (χ4v) is 3.38. The molecule has 0 aliphatic carbocycles. The summed E-state index contributed by atoms with van der Waals surface area (Å²) in [4.78, 5) is 0.209. The van der Waals surface area contributed by atoms with Crippen molar-refractivity contribution < 1.29 is 8.42 Å². The smallest absolute Gasteiger partial charge is 0.261 e. The van der Waals surface area contributed by atoms with Crippen LogP contribution < -0.4 is 4.72 Å². The first-order valence-electron chi connectivity index (χ1n) is 5.55. The van der Waals surface area contributed by atoms with Gasteiger partial charge in [-0.15, -0.1) is 0 Å². The first-order chi connectivity index (χ1) is 9.42. The number of halogens is 3. The molecule has 2 aromatic carbocycles. The van der Waals surface area contributed by atoms with Gasteiger partial charge in [-0.3, -0.25) is 4.72 Å². The van der Waals surface area contributed by atoms with Crippen LogP contribution in [0.4, 0.5) is 5.69 Å². The maximum Gasteiger partial charge on any atom is 0.261 e. The van der Waals surface area contributed by atoms with Crippen LogP contribution in [0.3, 0.4) is 0 Å². The molecule has 0 amide bonds. The molecule has 7 heteroatoms. The van der Waals surface area contributed by atoms with E-state index >= 15 is 0 Å². The predicted molar refractivity (Wildman–Crippen MR) is 89.0 cm³/mol. The molecular formula is C13H10Br2ClNO2S. The molecule has 3 nitrogen and oxygen atoms in total. The molecule has 2 rings (SSSR count). The number of rotatable bonds is 4. The summed E-state index contributed by atoms with van der Waals surface area (Å²) in [6.07, 6.45) is 0. The summed E-state index contributed by atoms with van der Waals surface area (Å²) in [6.45, 7) is 0. The van der Waals surface area contributed by atoms with E-state index in [1.165, 1.54) is 0 Å². The predicted octanol–water partition coefficient (Wildman–Crippen LogP) is 4.80. The van der Waals surface area contributed by atoms with Gasteiger partial charge in [0.25, 0.3) is 10.0 Å². The maximum atomic E-state index is 12.2. The Kier molecular flexibility index (Phi) is 5.12. The van der Waals surface area contributed by atoms with E-state index in [-0.39, 0.29) is 4.90 Å². The summed E-state index contributed by atoms with van der Waals surface area (Å²) >= 11 is 12.5. The Balaban J connectivity index is 2.27. The third-order valence-electron chi connectivity index (χ3n) is 2.56. The SMILES string of the molecule is O=S(=O)(Nc1ccc(Br)c(Cl)c1)c1ccc(CBr)cc1. The van der Waals surface area contributed by atoms with E-state index in [1.54, 1.807) is 42.5 Å². The van der Waals surface area contributed by atoms with E-state index in [4.69, 9.17) is 11.6 Å². The Morgan fingerprint density at radius 3 is 2.30 bits per heavy atom. The zero-order valence-electron chi connectivity index (χ0n) is 10.1. The fraction of sp³-hybridized carbons (Fsp3) is 0.0769. The standard InChI is InChI=1S/C13H10Br2ClNO2S/c14-8-9-1-4-11(5-2-9)20(18,19)17-10-3-6-12(15)13(16)7-10/h1-7,17H,8H2. The Bertz CT molecular complexity index is 718. The quantitative estimate of drug-likeness (QED) is 0.696. The summed E-state index contributed by atoms with van der Waals surface area (Å²) in [7, 11) is -3.61. The van der Waals surface area contributed by atoms with Crippen LogP contribution >= 0.6 is 43.5 Å². The highest BCUT2D eigenvalue weighted by atomic mass is 79.9. The van der Waals surface area contributed by atoms with Crippen LogP contribution in [0.15, 0.2) is 51.8 Å². The lowest BCUT2D eigenvalue weighted by Crippen LogP contribution is -2.12. The number of hydrogen-bond donors (Lipinski definition) is 1. The molecule has 0 fully saturated rings. The van der Waals surface area contributed by atoms with Crippen molar-refractivity contribution in [2.75, 3.05) is 4.72 Å². The monoisotopic (exact) mass is 437 g/mol. The number of sulfonamides is 1. The number of nitrogens with one attached hydrogen (secondary N) is 1. The van der Waals surface area contributed by atoms with Gasteiger partial charge in [0.1, 0.15) is 0 Å². The van der Waals surface area contributed by atoms with Crippen molar-refractivity contribution in [2.24, 2.45) is 0 Å². The van der Waals surface area contributed by atoms with Crippen LogP contribution in [0.25, 0.3) is 0 Å². The van der Waals surface area contributed by atoms with Gasteiger partial charge in [0.05, 0.1) is 15.6 Å². The second-order valence-corrected chi connectivity index (χ2v) is 7.52. The molecule has 20 heavy (non-hydrogen) atoms. The van der Waals surface area contributed by atoms with Crippen LogP contribution in [0.2, 0.25) is 5.02 Å². The van der Waals surface area contributed by atoms with E-state index in [2.05, 4.69) is 36.6 Å². The zero-order chi connectivity index (χ0) is 14.8. The summed E-state index contributed by atoms with van der Waals surface area (Å²) in [6, 6.07) is 11.5. The molecule has 1 N–H and O–H groups in total. The van der Waals surface area contributed by atoms with Gasteiger partial charge < -0.3 is 0 Å². The maximum absolute atomic E-state index is 12.2.